The number of hydroxylamine groups is 1. The second-order valence-electron chi connectivity index (χ2n) is 13.4. The summed E-state index contributed by atoms with van der Waals surface area (Å²) in [6, 6.07) is 4.39. The Balaban J connectivity index is 1.70. The normalized spacial score (nSPS) is 17.4. The molecule has 0 spiro atoms. The maximum absolute atomic E-state index is 13.4. The Morgan fingerprint density at radius 2 is 1.76 bits per heavy atom. The minimum absolute atomic E-state index is 0.00522. The summed E-state index contributed by atoms with van der Waals surface area (Å²) in [5, 5.41) is 14.4. The van der Waals surface area contributed by atoms with Gasteiger partial charge in [0.2, 0.25) is 5.91 Å². The van der Waals surface area contributed by atoms with Crippen LogP contribution in [0.25, 0.3) is 0 Å². The number of benzene rings is 1. The predicted molar refractivity (Wildman–Crippen MR) is 167 cm³/mol. The average molecular weight is 628 g/mol. The summed E-state index contributed by atoms with van der Waals surface area (Å²) in [5.74, 6) is -3.57. The lowest BCUT2D eigenvalue weighted by Gasteiger charge is -2.41. The van der Waals surface area contributed by atoms with Gasteiger partial charge >= 0.3 is 11.9 Å². The van der Waals surface area contributed by atoms with Crippen molar-refractivity contribution in [3.05, 3.63) is 53.6 Å². The fraction of sp³-hybridized carbons (Fsp3) is 0.606. The average Bonchev–Trinajstić information content (AvgIpc) is 3.51. The SMILES string of the molecule is CC(C)[C@H](C)C(O)(C(=O)ONC(=O)[C@H](Cc1cnc[nH]1)NC(=O)[C@@H](N)Cc1cccc(C(=O)OC(C)(C)C)c1)C1CCCCC1. The van der Waals surface area contributed by atoms with E-state index in [4.69, 9.17) is 15.3 Å². The number of nitrogens with two attached hydrogens (primary N) is 1. The molecule has 1 aliphatic carbocycles. The number of aromatic nitrogens is 2. The molecule has 3 rings (SSSR count). The van der Waals surface area contributed by atoms with E-state index in [1.54, 1.807) is 45.0 Å². The van der Waals surface area contributed by atoms with Crippen molar-refractivity contribution < 1.29 is 33.9 Å². The molecule has 1 aromatic heterocycles. The predicted octanol–water partition coefficient (Wildman–Crippen LogP) is 3.14. The first-order chi connectivity index (χ1) is 21.1. The van der Waals surface area contributed by atoms with Crippen LogP contribution in [0.2, 0.25) is 0 Å². The van der Waals surface area contributed by atoms with Gasteiger partial charge in [-0.25, -0.2) is 14.6 Å². The zero-order valence-corrected chi connectivity index (χ0v) is 27.2. The molecule has 2 amide bonds. The van der Waals surface area contributed by atoms with Crippen LogP contribution in [0, 0.1) is 17.8 Å². The molecule has 45 heavy (non-hydrogen) atoms. The molecule has 1 fully saturated rings. The van der Waals surface area contributed by atoms with Crippen LogP contribution in [-0.4, -0.2) is 62.1 Å². The van der Waals surface area contributed by atoms with E-state index in [2.05, 4.69) is 20.8 Å². The number of carbonyl (C=O) groups excluding carboxylic acids is 4. The van der Waals surface area contributed by atoms with E-state index in [-0.39, 0.29) is 24.7 Å². The van der Waals surface area contributed by atoms with Crippen LogP contribution in [0.3, 0.4) is 0 Å². The number of ether oxygens (including phenoxy) is 1. The summed E-state index contributed by atoms with van der Waals surface area (Å²) in [7, 11) is 0. The molecule has 2 aromatic rings. The summed E-state index contributed by atoms with van der Waals surface area (Å²) >= 11 is 0. The van der Waals surface area contributed by atoms with Gasteiger partial charge in [0.25, 0.3) is 5.91 Å². The number of nitrogens with one attached hydrogen (secondary N) is 3. The number of hydrogen-bond acceptors (Lipinski definition) is 9. The number of aliphatic hydroxyl groups is 1. The van der Waals surface area contributed by atoms with Crippen LogP contribution in [0.5, 0.6) is 0 Å². The molecule has 6 N–H and O–H groups in total. The maximum atomic E-state index is 13.4. The van der Waals surface area contributed by atoms with Crippen LogP contribution in [0.15, 0.2) is 36.8 Å². The lowest BCUT2D eigenvalue weighted by atomic mass is 9.68. The molecule has 0 aliphatic heterocycles. The molecule has 12 nitrogen and oxygen atoms in total. The molecule has 1 heterocycles. The summed E-state index contributed by atoms with van der Waals surface area (Å²) in [6.45, 7) is 11.0. The molecule has 1 unspecified atom stereocenters. The second kappa shape index (κ2) is 15.5. The van der Waals surface area contributed by atoms with Crippen LogP contribution in [0.1, 0.15) is 95.3 Å². The van der Waals surface area contributed by atoms with E-state index in [0.717, 1.165) is 19.3 Å². The van der Waals surface area contributed by atoms with Gasteiger partial charge in [-0.05, 0) is 75.5 Å². The van der Waals surface area contributed by atoms with E-state index in [0.29, 0.717) is 29.7 Å². The quantitative estimate of drug-likeness (QED) is 0.174. The number of aromatic amines is 1. The van der Waals surface area contributed by atoms with Crippen molar-refractivity contribution >= 4 is 23.8 Å². The van der Waals surface area contributed by atoms with Crippen LogP contribution >= 0.6 is 0 Å². The largest absolute Gasteiger partial charge is 0.456 e. The fourth-order valence-corrected chi connectivity index (χ4v) is 5.64. The third-order valence-electron chi connectivity index (χ3n) is 8.46. The van der Waals surface area contributed by atoms with Crippen molar-refractivity contribution in [2.75, 3.05) is 0 Å². The molecule has 0 radical (unpaired) electrons. The molecule has 0 saturated heterocycles. The summed E-state index contributed by atoms with van der Waals surface area (Å²) < 4.78 is 5.43. The molecular formula is C33H49N5O7. The minimum atomic E-state index is -1.78. The molecule has 248 valence electrons. The Morgan fingerprint density at radius 1 is 1.07 bits per heavy atom. The van der Waals surface area contributed by atoms with Crippen molar-refractivity contribution in [2.24, 2.45) is 23.5 Å². The molecule has 0 bridgehead atoms. The third-order valence-corrected chi connectivity index (χ3v) is 8.46. The number of amides is 2. The zero-order chi connectivity index (χ0) is 33.4. The number of hydrogen-bond donors (Lipinski definition) is 5. The number of imidazole rings is 1. The Kier molecular flexibility index (Phi) is 12.3. The van der Waals surface area contributed by atoms with E-state index in [9.17, 15) is 24.3 Å². The highest BCUT2D eigenvalue weighted by Crippen LogP contribution is 2.40. The molecular weight excluding hydrogens is 578 g/mol. The Bertz CT molecular complexity index is 1300. The highest BCUT2D eigenvalue weighted by atomic mass is 16.7. The Morgan fingerprint density at radius 3 is 2.36 bits per heavy atom. The van der Waals surface area contributed by atoms with Crippen molar-refractivity contribution in [1.82, 2.24) is 20.8 Å². The first kappa shape index (κ1) is 35.7. The molecule has 12 heteroatoms. The lowest BCUT2D eigenvalue weighted by molar-refractivity contribution is -0.193. The highest BCUT2D eigenvalue weighted by molar-refractivity contribution is 5.91. The van der Waals surface area contributed by atoms with E-state index < -0.39 is 53.0 Å². The van der Waals surface area contributed by atoms with Crippen molar-refractivity contribution in [3.8, 4) is 0 Å². The monoisotopic (exact) mass is 627 g/mol. The first-order valence-corrected chi connectivity index (χ1v) is 15.7. The standard InChI is InChI=1S/C33H49N5O7/c1-20(2)21(3)33(43,24-13-8-7-9-14-24)31(42)45-38-29(40)27(17-25-18-35-19-36-25)37-28(39)26(34)16-22-11-10-12-23(15-22)30(41)44-32(4,5)6/h10-12,15,18-21,24,26-27,43H,7-9,13-14,16-17,34H2,1-6H3,(H,35,36)(H,37,39)(H,38,40)/t21-,26-,27-,33?/m0/s1. The number of H-pyrrole nitrogens is 1. The highest BCUT2D eigenvalue weighted by Gasteiger charge is 2.51. The Hall–Kier alpha value is -3.77. The van der Waals surface area contributed by atoms with Gasteiger partial charge in [-0.15, -0.1) is 0 Å². The van der Waals surface area contributed by atoms with Gasteiger partial charge in [0, 0.05) is 18.3 Å². The van der Waals surface area contributed by atoms with Gasteiger partial charge < -0.3 is 30.7 Å². The van der Waals surface area contributed by atoms with Crippen LogP contribution in [0.4, 0.5) is 0 Å². The van der Waals surface area contributed by atoms with Gasteiger partial charge in [-0.1, -0.05) is 52.2 Å². The fourth-order valence-electron chi connectivity index (χ4n) is 5.64. The van der Waals surface area contributed by atoms with E-state index in [1.165, 1.54) is 12.5 Å². The first-order valence-electron chi connectivity index (χ1n) is 15.7. The second-order valence-corrected chi connectivity index (χ2v) is 13.4. The number of esters is 1. The summed E-state index contributed by atoms with van der Waals surface area (Å²) in [6.07, 6.45) is 7.26. The zero-order valence-electron chi connectivity index (χ0n) is 27.2. The van der Waals surface area contributed by atoms with Gasteiger partial charge in [0.05, 0.1) is 17.9 Å². The number of carbonyl (C=O) groups is 4. The molecule has 1 aromatic carbocycles. The van der Waals surface area contributed by atoms with Gasteiger partial charge in [0.1, 0.15) is 11.6 Å². The minimum Gasteiger partial charge on any atom is -0.456 e. The Labute approximate surface area is 265 Å². The molecule has 4 atom stereocenters. The summed E-state index contributed by atoms with van der Waals surface area (Å²) in [4.78, 5) is 64.5. The maximum Gasteiger partial charge on any atom is 0.363 e. The van der Waals surface area contributed by atoms with Crippen molar-refractivity contribution in [1.29, 1.82) is 0 Å². The lowest BCUT2D eigenvalue weighted by Crippen LogP contribution is -2.57. The van der Waals surface area contributed by atoms with Gasteiger partial charge in [-0.2, -0.15) is 5.48 Å². The molecule has 1 aliphatic rings. The smallest absolute Gasteiger partial charge is 0.363 e. The van der Waals surface area contributed by atoms with Gasteiger partial charge in [-0.3, -0.25) is 9.59 Å². The van der Waals surface area contributed by atoms with Crippen molar-refractivity contribution in [3.63, 3.8) is 0 Å². The van der Waals surface area contributed by atoms with Gasteiger partial charge in [0.15, 0.2) is 5.60 Å². The van der Waals surface area contributed by atoms with E-state index >= 15 is 0 Å². The number of rotatable bonds is 12. The van der Waals surface area contributed by atoms with E-state index in [1.807, 2.05) is 20.8 Å². The van der Waals surface area contributed by atoms with Crippen LogP contribution in [-0.2, 0) is 36.8 Å². The molecule has 1 saturated carbocycles. The summed E-state index contributed by atoms with van der Waals surface area (Å²) in [5.41, 5.74) is 7.47. The number of nitrogens with zero attached hydrogens (tertiary/aromatic N) is 1. The topological polar surface area (TPSA) is 186 Å². The van der Waals surface area contributed by atoms with Crippen LogP contribution < -0.4 is 16.5 Å². The third kappa shape index (κ3) is 9.86. The van der Waals surface area contributed by atoms with Crippen molar-refractivity contribution in [2.45, 2.75) is 110 Å².